The maximum absolute atomic E-state index is 11.9. The quantitative estimate of drug-likeness (QED) is 0.507. The molecule has 0 unspecified atom stereocenters. The number of aliphatic hydroxyl groups is 1. The van der Waals surface area contributed by atoms with Gasteiger partial charge in [0.15, 0.2) is 0 Å². The van der Waals surface area contributed by atoms with Gasteiger partial charge in [0.25, 0.3) is 5.56 Å². The Kier molecular flexibility index (Phi) is 3.24. The molecule has 1 aromatic carbocycles. The Morgan fingerprint density at radius 3 is 2.94 bits per heavy atom. The zero-order valence-corrected chi connectivity index (χ0v) is 9.26. The van der Waals surface area contributed by atoms with Crippen molar-refractivity contribution in [3.05, 3.63) is 34.6 Å². The van der Waals surface area contributed by atoms with E-state index in [1.165, 1.54) is 0 Å². The second-order valence-corrected chi connectivity index (χ2v) is 3.63. The van der Waals surface area contributed by atoms with Crippen molar-refractivity contribution in [2.24, 2.45) is 0 Å². The van der Waals surface area contributed by atoms with Gasteiger partial charge in [0, 0.05) is 13.2 Å². The molecule has 2 rings (SSSR count). The van der Waals surface area contributed by atoms with Crippen molar-refractivity contribution in [2.75, 3.05) is 24.3 Å². The highest BCUT2D eigenvalue weighted by Crippen LogP contribution is 2.08. The van der Waals surface area contributed by atoms with Crippen molar-refractivity contribution < 1.29 is 5.11 Å². The molecule has 0 aliphatic heterocycles. The molecule has 6 heteroatoms. The maximum Gasteiger partial charge on any atom is 0.281 e. The summed E-state index contributed by atoms with van der Waals surface area (Å²) in [6, 6.07) is 7.02. The van der Waals surface area contributed by atoms with Crippen LogP contribution in [0.4, 0.5) is 5.95 Å². The van der Waals surface area contributed by atoms with Gasteiger partial charge in [-0.2, -0.15) is 4.68 Å². The highest BCUT2D eigenvalue weighted by molar-refractivity contribution is 5.78. The van der Waals surface area contributed by atoms with Gasteiger partial charge < -0.3 is 16.3 Å². The zero-order chi connectivity index (χ0) is 12.3. The van der Waals surface area contributed by atoms with Crippen LogP contribution in [0.5, 0.6) is 0 Å². The van der Waals surface area contributed by atoms with Gasteiger partial charge in [0.1, 0.15) is 0 Å². The Morgan fingerprint density at radius 2 is 2.18 bits per heavy atom. The number of fused-ring (bicyclic) bond motifs is 1. The van der Waals surface area contributed by atoms with E-state index in [1.54, 1.807) is 18.2 Å². The van der Waals surface area contributed by atoms with Crippen molar-refractivity contribution in [1.29, 1.82) is 0 Å². The summed E-state index contributed by atoms with van der Waals surface area (Å²) in [6.45, 7) is 0.591. The van der Waals surface area contributed by atoms with Crippen LogP contribution in [-0.4, -0.2) is 27.9 Å². The van der Waals surface area contributed by atoms with Gasteiger partial charge in [-0.3, -0.25) is 4.79 Å². The molecule has 0 bridgehead atoms. The molecule has 6 nitrogen and oxygen atoms in total. The minimum Gasteiger partial charge on any atom is -0.396 e. The second kappa shape index (κ2) is 4.84. The predicted octanol–water partition coefficient (Wildman–Crippen LogP) is -0.0954. The summed E-state index contributed by atoms with van der Waals surface area (Å²) >= 11 is 0. The average Bonchev–Trinajstić information content (AvgIpc) is 2.35. The van der Waals surface area contributed by atoms with Crippen molar-refractivity contribution in [3.8, 4) is 0 Å². The van der Waals surface area contributed by atoms with Crippen molar-refractivity contribution >= 4 is 16.9 Å². The number of para-hydroxylation sites is 1. The second-order valence-electron chi connectivity index (χ2n) is 3.63. The number of nitrogens with two attached hydrogens (primary N) is 1. The van der Waals surface area contributed by atoms with Gasteiger partial charge in [-0.15, -0.1) is 0 Å². The third kappa shape index (κ3) is 2.21. The molecule has 0 amide bonds. The van der Waals surface area contributed by atoms with Crippen LogP contribution in [0, 0.1) is 0 Å². The Balaban J connectivity index is 2.43. The molecule has 0 saturated heterocycles. The first-order chi connectivity index (χ1) is 8.24. The fourth-order valence-electron chi connectivity index (χ4n) is 1.55. The molecule has 1 aromatic heterocycles. The summed E-state index contributed by atoms with van der Waals surface area (Å²) in [7, 11) is 0. The van der Waals surface area contributed by atoms with Crippen LogP contribution in [-0.2, 0) is 0 Å². The van der Waals surface area contributed by atoms with Crippen molar-refractivity contribution in [1.82, 2.24) is 9.66 Å². The smallest absolute Gasteiger partial charge is 0.281 e. The van der Waals surface area contributed by atoms with Crippen LogP contribution in [0.1, 0.15) is 6.42 Å². The van der Waals surface area contributed by atoms with E-state index in [-0.39, 0.29) is 12.2 Å². The fraction of sp³-hybridized carbons (Fsp3) is 0.273. The number of anilines is 1. The summed E-state index contributed by atoms with van der Waals surface area (Å²) in [5.41, 5.74) is 0.313. The maximum atomic E-state index is 11.9. The minimum atomic E-state index is -0.290. The van der Waals surface area contributed by atoms with E-state index in [4.69, 9.17) is 10.9 Å². The summed E-state index contributed by atoms with van der Waals surface area (Å²) in [5, 5.41) is 12.1. The van der Waals surface area contributed by atoms with Crippen LogP contribution in [0.15, 0.2) is 29.1 Å². The van der Waals surface area contributed by atoms with Crippen LogP contribution >= 0.6 is 0 Å². The van der Waals surface area contributed by atoms with Crippen molar-refractivity contribution in [2.45, 2.75) is 6.42 Å². The van der Waals surface area contributed by atoms with E-state index < -0.39 is 0 Å². The molecule has 2 aromatic rings. The average molecular weight is 234 g/mol. The Hall–Kier alpha value is -2.08. The zero-order valence-electron chi connectivity index (χ0n) is 9.26. The molecule has 0 spiro atoms. The first-order valence-corrected chi connectivity index (χ1v) is 5.35. The molecule has 0 atom stereocenters. The van der Waals surface area contributed by atoms with Gasteiger partial charge >= 0.3 is 0 Å². The lowest BCUT2D eigenvalue weighted by atomic mass is 10.2. The Labute approximate surface area is 97.7 Å². The number of rotatable bonds is 4. The SMILES string of the molecule is Nn1c(NCCCO)nc2ccccc2c1=O. The number of nitrogen functional groups attached to an aromatic ring is 1. The first kappa shape index (κ1) is 11.4. The van der Waals surface area contributed by atoms with Gasteiger partial charge in [0.2, 0.25) is 5.95 Å². The third-order valence-corrected chi connectivity index (χ3v) is 2.43. The summed E-state index contributed by atoms with van der Waals surface area (Å²) in [5.74, 6) is 5.96. The molecule has 90 valence electrons. The number of nitrogens with zero attached hydrogens (tertiary/aromatic N) is 2. The Bertz CT molecular complexity index is 579. The largest absolute Gasteiger partial charge is 0.396 e. The monoisotopic (exact) mass is 234 g/mol. The molecular weight excluding hydrogens is 220 g/mol. The normalized spacial score (nSPS) is 10.6. The van der Waals surface area contributed by atoms with Gasteiger partial charge in [0.05, 0.1) is 10.9 Å². The molecule has 0 aliphatic rings. The van der Waals surface area contributed by atoms with Crippen LogP contribution in [0.3, 0.4) is 0 Å². The van der Waals surface area contributed by atoms with E-state index in [9.17, 15) is 4.79 Å². The molecule has 4 N–H and O–H groups in total. The van der Waals surface area contributed by atoms with Gasteiger partial charge in [-0.05, 0) is 18.6 Å². The highest BCUT2D eigenvalue weighted by atomic mass is 16.3. The summed E-state index contributed by atoms with van der Waals surface area (Å²) in [4.78, 5) is 16.1. The third-order valence-electron chi connectivity index (χ3n) is 2.43. The fourth-order valence-corrected chi connectivity index (χ4v) is 1.55. The van der Waals surface area contributed by atoms with Crippen LogP contribution in [0.2, 0.25) is 0 Å². The van der Waals surface area contributed by atoms with E-state index in [1.807, 2.05) is 6.07 Å². The van der Waals surface area contributed by atoms with E-state index in [2.05, 4.69) is 10.3 Å². The topological polar surface area (TPSA) is 93.2 Å². The summed E-state index contributed by atoms with van der Waals surface area (Å²) in [6.07, 6.45) is 0.572. The summed E-state index contributed by atoms with van der Waals surface area (Å²) < 4.78 is 0.986. The number of hydrogen-bond acceptors (Lipinski definition) is 5. The lowest BCUT2D eigenvalue weighted by molar-refractivity contribution is 0.292. The van der Waals surface area contributed by atoms with Crippen molar-refractivity contribution in [3.63, 3.8) is 0 Å². The standard InChI is InChI=1S/C11H14N4O2/c12-15-10(17)8-4-1-2-5-9(8)14-11(15)13-6-3-7-16/h1-2,4-5,16H,3,6-7,12H2,(H,13,14). The predicted molar refractivity (Wildman–Crippen MR) is 66.3 cm³/mol. The van der Waals surface area contributed by atoms with E-state index in [0.717, 1.165) is 4.68 Å². The number of aliphatic hydroxyl groups excluding tert-OH is 1. The molecule has 17 heavy (non-hydrogen) atoms. The van der Waals surface area contributed by atoms with Crippen LogP contribution in [0.25, 0.3) is 10.9 Å². The lowest BCUT2D eigenvalue weighted by Crippen LogP contribution is -2.31. The molecule has 1 heterocycles. The lowest BCUT2D eigenvalue weighted by Gasteiger charge is -2.10. The molecule has 0 aliphatic carbocycles. The first-order valence-electron chi connectivity index (χ1n) is 5.35. The number of nitrogens with one attached hydrogen (secondary N) is 1. The number of benzene rings is 1. The van der Waals surface area contributed by atoms with Gasteiger partial charge in [-0.25, -0.2) is 4.98 Å². The highest BCUT2D eigenvalue weighted by Gasteiger charge is 2.07. The molecule has 0 fully saturated rings. The van der Waals surface area contributed by atoms with E-state index >= 15 is 0 Å². The molecule has 0 saturated carbocycles. The van der Waals surface area contributed by atoms with Gasteiger partial charge in [-0.1, -0.05) is 12.1 Å². The molecule has 0 radical (unpaired) electrons. The van der Waals surface area contributed by atoms with E-state index in [0.29, 0.717) is 29.8 Å². The van der Waals surface area contributed by atoms with Crippen LogP contribution < -0.4 is 16.7 Å². The number of aromatic nitrogens is 2. The molecular formula is C11H14N4O2. The minimum absolute atomic E-state index is 0.0788. The number of hydrogen-bond donors (Lipinski definition) is 3. The Morgan fingerprint density at radius 1 is 1.41 bits per heavy atom.